The minimum absolute atomic E-state index is 0.0775. The molecule has 0 aliphatic heterocycles. The van der Waals surface area contributed by atoms with E-state index >= 15 is 0 Å². The Morgan fingerprint density at radius 2 is 0.667 bits per heavy atom. The lowest BCUT2D eigenvalue weighted by molar-refractivity contribution is -0.123. The van der Waals surface area contributed by atoms with Crippen LogP contribution >= 0.6 is 0 Å². The first-order valence-electron chi connectivity index (χ1n) is 27.7. The predicted octanol–water partition coefficient (Wildman–Crippen LogP) is 18.2. The summed E-state index contributed by atoms with van der Waals surface area (Å²) in [7, 11) is 0. The van der Waals surface area contributed by atoms with Gasteiger partial charge in [0.05, 0.1) is 18.8 Å². The maximum atomic E-state index is 12.5. The van der Waals surface area contributed by atoms with Gasteiger partial charge in [0.15, 0.2) is 0 Å². The van der Waals surface area contributed by atoms with Crippen molar-refractivity contribution in [2.24, 2.45) is 0 Å². The van der Waals surface area contributed by atoms with E-state index in [0.717, 1.165) is 51.4 Å². The number of aliphatic hydroxyl groups excluding tert-OH is 2. The Hall–Kier alpha value is -2.17. The molecule has 4 heteroatoms. The van der Waals surface area contributed by atoms with E-state index < -0.39 is 12.1 Å². The first-order chi connectivity index (χ1) is 31.2. The van der Waals surface area contributed by atoms with Gasteiger partial charge in [-0.1, -0.05) is 260 Å². The Kier molecular flexibility index (Phi) is 52.3. The van der Waals surface area contributed by atoms with E-state index in [1.807, 2.05) is 6.08 Å². The van der Waals surface area contributed by atoms with Gasteiger partial charge in [0.25, 0.3) is 0 Å². The molecule has 0 aliphatic rings. The molecule has 4 nitrogen and oxygen atoms in total. The quantitative estimate of drug-likeness (QED) is 0.0421. The average molecular weight is 879 g/mol. The number of nitrogens with one attached hydrogen (secondary N) is 1. The van der Waals surface area contributed by atoms with Gasteiger partial charge in [-0.05, 0) is 83.5 Å². The Morgan fingerprint density at radius 1 is 0.381 bits per heavy atom. The van der Waals surface area contributed by atoms with Crippen LogP contribution in [0.1, 0.15) is 277 Å². The van der Waals surface area contributed by atoms with E-state index in [-0.39, 0.29) is 12.5 Å². The Labute approximate surface area is 393 Å². The van der Waals surface area contributed by atoms with Crippen LogP contribution in [-0.2, 0) is 4.79 Å². The van der Waals surface area contributed by atoms with Gasteiger partial charge in [-0.2, -0.15) is 0 Å². The van der Waals surface area contributed by atoms with Crippen LogP contribution in [0, 0.1) is 0 Å². The molecule has 3 N–H and O–H groups in total. The third-order valence-corrected chi connectivity index (χ3v) is 12.4. The van der Waals surface area contributed by atoms with Crippen molar-refractivity contribution in [3.05, 3.63) is 72.9 Å². The van der Waals surface area contributed by atoms with Crippen molar-refractivity contribution in [2.45, 2.75) is 289 Å². The zero-order valence-electron chi connectivity index (χ0n) is 42.1. The number of aliphatic hydroxyl groups is 2. The van der Waals surface area contributed by atoms with Crippen molar-refractivity contribution in [3.8, 4) is 0 Å². The van der Waals surface area contributed by atoms with Gasteiger partial charge in [-0.25, -0.2) is 0 Å². The molecule has 63 heavy (non-hydrogen) atoms. The molecule has 1 amide bonds. The Balaban J connectivity index is 3.55. The largest absolute Gasteiger partial charge is 0.394 e. The molecule has 0 aromatic heterocycles. The van der Waals surface area contributed by atoms with Crippen LogP contribution in [0.4, 0.5) is 0 Å². The van der Waals surface area contributed by atoms with E-state index in [2.05, 4.69) is 79.9 Å². The van der Waals surface area contributed by atoms with E-state index in [9.17, 15) is 15.0 Å². The van der Waals surface area contributed by atoms with Gasteiger partial charge in [-0.3, -0.25) is 4.79 Å². The summed E-state index contributed by atoms with van der Waals surface area (Å²) in [5, 5.41) is 23.1. The van der Waals surface area contributed by atoms with E-state index in [4.69, 9.17) is 0 Å². The highest BCUT2D eigenvalue weighted by molar-refractivity contribution is 5.76. The van der Waals surface area contributed by atoms with Crippen molar-refractivity contribution in [3.63, 3.8) is 0 Å². The number of carbonyl (C=O) groups excluding carboxylic acids is 1. The minimum Gasteiger partial charge on any atom is -0.394 e. The molecule has 0 rings (SSSR count). The molecule has 0 saturated carbocycles. The number of hydrogen-bond donors (Lipinski definition) is 3. The van der Waals surface area contributed by atoms with Gasteiger partial charge in [0.2, 0.25) is 5.91 Å². The third-order valence-electron chi connectivity index (χ3n) is 12.4. The van der Waals surface area contributed by atoms with Crippen LogP contribution in [0.15, 0.2) is 72.9 Å². The van der Waals surface area contributed by atoms with Crippen LogP contribution in [0.25, 0.3) is 0 Å². The summed E-state index contributed by atoms with van der Waals surface area (Å²) in [4.78, 5) is 12.5. The summed E-state index contributed by atoms with van der Waals surface area (Å²) < 4.78 is 0. The fourth-order valence-corrected chi connectivity index (χ4v) is 8.16. The van der Waals surface area contributed by atoms with Crippen LogP contribution in [-0.4, -0.2) is 34.9 Å². The molecule has 0 saturated heterocycles. The van der Waals surface area contributed by atoms with Crippen molar-refractivity contribution in [2.75, 3.05) is 6.61 Å². The first-order valence-corrected chi connectivity index (χ1v) is 27.7. The predicted molar refractivity (Wildman–Crippen MR) is 281 cm³/mol. The normalized spacial score (nSPS) is 13.4. The van der Waals surface area contributed by atoms with E-state index in [1.54, 1.807) is 6.08 Å². The van der Waals surface area contributed by atoms with Crippen LogP contribution in [0.5, 0.6) is 0 Å². The minimum atomic E-state index is -0.873. The van der Waals surface area contributed by atoms with Gasteiger partial charge in [0, 0.05) is 6.42 Å². The Morgan fingerprint density at radius 3 is 1.03 bits per heavy atom. The SMILES string of the molecule is CCCCCCC/C=C\C/C=C\C/C=C\CCCCCCCCCCCCCCCCCCC(=O)NC(CO)C(O)/C=C/CC/C=C/CC/C=C/CCCCCCCCCCCC. The molecular formula is C59H107NO3. The highest BCUT2D eigenvalue weighted by Gasteiger charge is 2.17. The van der Waals surface area contributed by atoms with E-state index in [0.29, 0.717) is 6.42 Å². The monoisotopic (exact) mass is 878 g/mol. The fourth-order valence-electron chi connectivity index (χ4n) is 8.16. The molecule has 0 spiro atoms. The fraction of sp³-hybridized carbons (Fsp3) is 0.780. The molecule has 0 aromatic carbocycles. The standard InChI is InChI=1S/C59H107NO3/c1-3-5-7-9-11-13-15-17-19-21-23-25-26-27-28-29-30-31-32-33-34-35-37-39-41-43-45-47-49-51-53-55-59(63)60-57(56-61)58(62)54-52-50-48-46-44-42-40-38-36-24-22-20-18-16-14-12-10-8-6-4-2/h15,17,21,23,26-27,36,38,44,46,52,54,57-58,61-62H,3-14,16,18-20,22,24-25,28-35,37,39-43,45,47-51,53,55-56H2,1-2H3,(H,60,63)/b17-15-,23-21-,27-26-,38-36+,46-44+,54-52+. The number of unbranched alkanes of at least 4 members (excludes halogenated alkanes) is 33. The topological polar surface area (TPSA) is 69.6 Å². The number of allylic oxidation sites excluding steroid dienone is 11. The third kappa shape index (κ3) is 50.7. The average Bonchev–Trinajstić information content (AvgIpc) is 3.29. The lowest BCUT2D eigenvalue weighted by Gasteiger charge is -2.19. The van der Waals surface area contributed by atoms with Crippen LogP contribution in [0.2, 0.25) is 0 Å². The molecule has 0 bridgehead atoms. The second kappa shape index (κ2) is 54.2. The maximum absolute atomic E-state index is 12.5. The molecule has 366 valence electrons. The van der Waals surface area contributed by atoms with Gasteiger partial charge >= 0.3 is 0 Å². The number of amides is 1. The molecule has 0 heterocycles. The summed E-state index contributed by atoms with van der Waals surface area (Å²) in [5.74, 6) is -0.0775. The van der Waals surface area contributed by atoms with Crippen molar-refractivity contribution in [1.82, 2.24) is 5.32 Å². The summed E-state index contributed by atoms with van der Waals surface area (Å²) in [6, 6.07) is -0.648. The summed E-state index contributed by atoms with van der Waals surface area (Å²) in [5.41, 5.74) is 0. The summed E-state index contributed by atoms with van der Waals surface area (Å²) >= 11 is 0. The summed E-state index contributed by atoms with van der Waals surface area (Å²) in [6.45, 7) is 4.29. The van der Waals surface area contributed by atoms with Gasteiger partial charge in [0.1, 0.15) is 0 Å². The molecule has 2 unspecified atom stereocenters. The lowest BCUT2D eigenvalue weighted by atomic mass is 10.0. The molecule has 0 aromatic rings. The maximum Gasteiger partial charge on any atom is 0.220 e. The second-order valence-electron chi connectivity index (χ2n) is 18.6. The van der Waals surface area contributed by atoms with Crippen molar-refractivity contribution < 1.29 is 15.0 Å². The van der Waals surface area contributed by atoms with Crippen molar-refractivity contribution >= 4 is 5.91 Å². The lowest BCUT2D eigenvalue weighted by Crippen LogP contribution is -2.45. The van der Waals surface area contributed by atoms with Crippen LogP contribution in [0.3, 0.4) is 0 Å². The number of rotatable bonds is 50. The van der Waals surface area contributed by atoms with Gasteiger partial charge in [-0.15, -0.1) is 0 Å². The Bertz CT molecular complexity index is 1090. The summed E-state index contributed by atoms with van der Waals surface area (Å²) in [6.07, 6.45) is 77.7. The molecular weight excluding hydrogens is 771 g/mol. The highest BCUT2D eigenvalue weighted by atomic mass is 16.3. The van der Waals surface area contributed by atoms with E-state index in [1.165, 1.54) is 205 Å². The smallest absolute Gasteiger partial charge is 0.220 e. The molecule has 0 fully saturated rings. The van der Waals surface area contributed by atoms with Crippen molar-refractivity contribution in [1.29, 1.82) is 0 Å². The molecule has 2 atom stereocenters. The second-order valence-corrected chi connectivity index (χ2v) is 18.6. The first kappa shape index (κ1) is 60.8. The molecule has 0 radical (unpaired) electrons. The molecule has 0 aliphatic carbocycles. The van der Waals surface area contributed by atoms with Crippen LogP contribution < -0.4 is 5.32 Å². The van der Waals surface area contributed by atoms with Gasteiger partial charge < -0.3 is 15.5 Å². The number of carbonyl (C=O) groups is 1. The number of hydrogen-bond acceptors (Lipinski definition) is 3. The zero-order chi connectivity index (χ0) is 45.6. The highest BCUT2D eigenvalue weighted by Crippen LogP contribution is 2.16. The zero-order valence-corrected chi connectivity index (χ0v) is 42.1.